The smallest absolute Gasteiger partial charge is 0.422 e. The molecule has 0 saturated heterocycles. The fraction of sp³-hybridized carbons (Fsp3) is 0.214. The Morgan fingerprint density at radius 3 is 2.62 bits per heavy atom. The number of anilines is 1. The van der Waals surface area contributed by atoms with Crippen LogP contribution in [0.15, 0.2) is 36.5 Å². The predicted octanol–water partition coefficient (Wildman–Crippen LogP) is 3.28. The first-order valence-electron chi connectivity index (χ1n) is 5.99. The van der Waals surface area contributed by atoms with Gasteiger partial charge < -0.3 is 15.2 Å². The number of pyridine rings is 1. The highest BCUT2D eigenvalue weighted by Crippen LogP contribution is 2.34. The lowest BCUT2D eigenvalue weighted by atomic mass is 10.0. The van der Waals surface area contributed by atoms with Crippen LogP contribution in [0.2, 0.25) is 0 Å². The zero-order chi connectivity index (χ0) is 15.5. The molecule has 0 aliphatic rings. The molecule has 21 heavy (non-hydrogen) atoms. The number of ether oxygens (including phenoxy) is 2. The Morgan fingerprint density at radius 2 is 1.95 bits per heavy atom. The molecule has 0 saturated carbocycles. The third kappa shape index (κ3) is 3.77. The lowest BCUT2D eigenvalue weighted by Crippen LogP contribution is -2.19. The number of rotatable bonds is 4. The van der Waals surface area contributed by atoms with Gasteiger partial charge >= 0.3 is 6.18 Å². The van der Waals surface area contributed by atoms with E-state index in [9.17, 15) is 13.2 Å². The number of hydrogen-bond acceptors (Lipinski definition) is 4. The number of benzene rings is 1. The molecule has 1 heterocycles. The summed E-state index contributed by atoms with van der Waals surface area (Å²) in [5.74, 6) is 0.402. The molecular formula is C14H13F3N2O2. The van der Waals surface area contributed by atoms with Gasteiger partial charge in [-0.15, -0.1) is 0 Å². The molecule has 0 amide bonds. The maximum absolute atomic E-state index is 12.2. The highest BCUT2D eigenvalue weighted by atomic mass is 19.4. The van der Waals surface area contributed by atoms with Crippen molar-refractivity contribution in [3.05, 3.63) is 36.5 Å². The molecule has 0 fully saturated rings. The van der Waals surface area contributed by atoms with Crippen molar-refractivity contribution < 1.29 is 22.6 Å². The van der Waals surface area contributed by atoms with Gasteiger partial charge in [0.05, 0.1) is 7.11 Å². The molecular weight excluding hydrogens is 285 g/mol. The third-order valence-electron chi connectivity index (χ3n) is 2.68. The van der Waals surface area contributed by atoms with E-state index in [2.05, 4.69) is 4.98 Å². The van der Waals surface area contributed by atoms with Crippen molar-refractivity contribution in [1.29, 1.82) is 0 Å². The average molecular weight is 298 g/mol. The number of alkyl halides is 3. The summed E-state index contributed by atoms with van der Waals surface area (Å²) in [5, 5.41) is 0. The standard InChI is InChI=1S/C14H13F3N2O2/c1-20-13-10(3-2-6-19-13)11-7-9(4-5-12(11)18)21-8-14(15,16)17/h2-7H,8,18H2,1H3. The number of nitrogens with zero attached hydrogens (tertiary/aromatic N) is 1. The SMILES string of the molecule is COc1ncccc1-c1cc(OCC(F)(F)F)ccc1N. The van der Waals surface area contributed by atoms with Crippen LogP contribution in [0.4, 0.5) is 18.9 Å². The van der Waals surface area contributed by atoms with Gasteiger partial charge in [-0.05, 0) is 30.3 Å². The van der Waals surface area contributed by atoms with E-state index in [0.29, 0.717) is 22.7 Å². The Bertz CT molecular complexity index is 630. The molecule has 0 aliphatic heterocycles. The van der Waals surface area contributed by atoms with Crippen LogP contribution in [0, 0.1) is 0 Å². The minimum Gasteiger partial charge on any atom is -0.484 e. The Balaban J connectivity index is 2.35. The number of nitrogens with two attached hydrogens (primary N) is 1. The molecule has 2 aromatic rings. The van der Waals surface area contributed by atoms with E-state index in [0.717, 1.165) is 0 Å². The highest BCUT2D eigenvalue weighted by Gasteiger charge is 2.28. The topological polar surface area (TPSA) is 57.4 Å². The molecule has 0 bridgehead atoms. The quantitative estimate of drug-likeness (QED) is 0.880. The zero-order valence-corrected chi connectivity index (χ0v) is 11.1. The average Bonchev–Trinajstić information content (AvgIpc) is 2.45. The van der Waals surface area contributed by atoms with Crippen LogP contribution in [0.1, 0.15) is 0 Å². The van der Waals surface area contributed by atoms with E-state index >= 15 is 0 Å². The van der Waals surface area contributed by atoms with Crippen molar-refractivity contribution >= 4 is 5.69 Å². The first-order chi connectivity index (χ1) is 9.90. The van der Waals surface area contributed by atoms with Crippen molar-refractivity contribution in [1.82, 2.24) is 4.98 Å². The van der Waals surface area contributed by atoms with Crippen LogP contribution in [0.3, 0.4) is 0 Å². The van der Waals surface area contributed by atoms with E-state index < -0.39 is 12.8 Å². The van der Waals surface area contributed by atoms with E-state index in [1.807, 2.05) is 0 Å². The van der Waals surface area contributed by atoms with Crippen molar-refractivity contribution in [3.63, 3.8) is 0 Å². The summed E-state index contributed by atoms with van der Waals surface area (Å²) in [6.07, 6.45) is -2.85. The minimum atomic E-state index is -4.40. The molecule has 1 aromatic heterocycles. The Hall–Kier alpha value is -2.44. The summed E-state index contributed by atoms with van der Waals surface area (Å²) in [4.78, 5) is 4.03. The van der Waals surface area contributed by atoms with Gasteiger partial charge in [0.25, 0.3) is 0 Å². The summed E-state index contributed by atoms with van der Waals surface area (Å²) < 4.78 is 46.4. The second-order valence-corrected chi connectivity index (χ2v) is 4.21. The number of methoxy groups -OCH3 is 1. The molecule has 7 heteroatoms. The fourth-order valence-electron chi connectivity index (χ4n) is 1.78. The van der Waals surface area contributed by atoms with E-state index in [1.165, 1.54) is 25.3 Å². The van der Waals surface area contributed by atoms with Gasteiger partial charge in [0.15, 0.2) is 6.61 Å². The van der Waals surface area contributed by atoms with Crippen LogP contribution in [0.5, 0.6) is 11.6 Å². The van der Waals surface area contributed by atoms with Crippen LogP contribution in [0.25, 0.3) is 11.1 Å². The summed E-state index contributed by atoms with van der Waals surface area (Å²) in [5.41, 5.74) is 7.33. The number of nitrogen functional groups attached to an aromatic ring is 1. The van der Waals surface area contributed by atoms with Gasteiger partial charge in [0.1, 0.15) is 5.75 Å². The minimum absolute atomic E-state index is 0.0717. The zero-order valence-electron chi connectivity index (χ0n) is 11.1. The molecule has 0 radical (unpaired) electrons. The highest BCUT2D eigenvalue weighted by molar-refractivity contribution is 5.80. The molecule has 0 spiro atoms. The first-order valence-corrected chi connectivity index (χ1v) is 5.99. The van der Waals surface area contributed by atoms with Crippen LogP contribution in [-0.2, 0) is 0 Å². The van der Waals surface area contributed by atoms with Crippen LogP contribution < -0.4 is 15.2 Å². The predicted molar refractivity (Wildman–Crippen MR) is 72.2 cm³/mol. The molecule has 4 nitrogen and oxygen atoms in total. The van der Waals surface area contributed by atoms with E-state index in [1.54, 1.807) is 18.3 Å². The molecule has 2 rings (SSSR count). The van der Waals surface area contributed by atoms with Gasteiger partial charge in [-0.1, -0.05) is 0 Å². The largest absolute Gasteiger partial charge is 0.484 e. The summed E-state index contributed by atoms with van der Waals surface area (Å²) >= 11 is 0. The summed E-state index contributed by atoms with van der Waals surface area (Å²) in [7, 11) is 1.45. The lowest BCUT2D eigenvalue weighted by Gasteiger charge is -2.13. The van der Waals surface area contributed by atoms with Gasteiger partial charge in [0.2, 0.25) is 5.88 Å². The van der Waals surface area contributed by atoms with Crippen molar-refractivity contribution in [2.45, 2.75) is 6.18 Å². The van der Waals surface area contributed by atoms with Gasteiger partial charge in [-0.3, -0.25) is 0 Å². The number of halogens is 3. The Morgan fingerprint density at radius 1 is 1.19 bits per heavy atom. The van der Waals surface area contributed by atoms with Gasteiger partial charge in [-0.25, -0.2) is 4.98 Å². The number of hydrogen-bond donors (Lipinski definition) is 1. The van der Waals surface area contributed by atoms with Crippen LogP contribution >= 0.6 is 0 Å². The molecule has 0 aliphatic carbocycles. The molecule has 0 unspecified atom stereocenters. The normalized spacial score (nSPS) is 11.2. The van der Waals surface area contributed by atoms with E-state index in [-0.39, 0.29) is 5.75 Å². The van der Waals surface area contributed by atoms with Crippen molar-refractivity contribution in [2.24, 2.45) is 0 Å². The van der Waals surface area contributed by atoms with Crippen molar-refractivity contribution in [3.8, 4) is 22.8 Å². The number of aromatic nitrogens is 1. The molecule has 1 aromatic carbocycles. The van der Waals surface area contributed by atoms with Gasteiger partial charge in [0, 0.05) is 23.0 Å². The first kappa shape index (κ1) is 15.0. The van der Waals surface area contributed by atoms with E-state index in [4.69, 9.17) is 15.2 Å². The molecule has 2 N–H and O–H groups in total. The lowest BCUT2D eigenvalue weighted by molar-refractivity contribution is -0.153. The Labute approximate surface area is 119 Å². The Kier molecular flexibility index (Phi) is 4.21. The summed E-state index contributed by atoms with van der Waals surface area (Å²) in [6.45, 7) is -1.36. The second kappa shape index (κ2) is 5.90. The monoisotopic (exact) mass is 298 g/mol. The molecule has 0 atom stereocenters. The third-order valence-corrected chi connectivity index (χ3v) is 2.68. The van der Waals surface area contributed by atoms with Crippen LogP contribution in [-0.4, -0.2) is 24.9 Å². The summed E-state index contributed by atoms with van der Waals surface area (Å²) in [6, 6.07) is 7.69. The fourth-order valence-corrected chi connectivity index (χ4v) is 1.78. The maximum atomic E-state index is 12.2. The second-order valence-electron chi connectivity index (χ2n) is 4.21. The maximum Gasteiger partial charge on any atom is 0.422 e. The van der Waals surface area contributed by atoms with Gasteiger partial charge in [-0.2, -0.15) is 13.2 Å². The molecule has 112 valence electrons. The van der Waals surface area contributed by atoms with Crippen molar-refractivity contribution in [2.75, 3.05) is 19.5 Å².